The average Bonchev–Trinajstić information content (AvgIpc) is 3.73. The van der Waals surface area contributed by atoms with Gasteiger partial charge in [0.25, 0.3) is 5.56 Å². The Morgan fingerprint density at radius 2 is 2.03 bits per heavy atom. The standard InChI is InChI=1S/C24H31FN6O2/c1-3-29(11-4-10-26)24(8-9-24)16-7-12-28(14-16)21-15(2)20-18(13-19(21)25)22(32)31(27)23(33)30(20)17-5-6-17/h13,16-17H,3-9,11-12,14,27H2,1-2H3. The highest BCUT2D eigenvalue weighted by atomic mass is 19.1. The van der Waals surface area contributed by atoms with Crippen molar-refractivity contribution in [2.45, 2.75) is 64.0 Å². The summed E-state index contributed by atoms with van der Waals surface area (Å²) in [5.41, 5.74) is 0.540. The van der Waals surface area contributed by atoms with Crippen LogP contribution >= 0.6 is 0 Å². The van der Waals surface area contributed by atoms with Crippen LogP contribution in [0.4, 0.5) is 10.1 Å². The van der Waals surface area contributed by atoms with Crippen LogP contribution in [0.25, 0.3) is 10.9 Å². The van der Waals surface area contributed by atoms with Gasteiger partial charge in [0.2, 0.25) is 0 Å². The van der Waals surface area contributed by atoms with Crippen molar-refractivity contribution in [2.24, 2.45) is 5.92 Å². The van der Waals surface area contributed by atoms with Crippen LogP contribution < -0.4 is 22.0 Å². The number of nitrogens with zero attached hydrogens (tertiary/aromatic N) is 5. The van der Waals surface area contributed by atoms with Crippen molar-refractivity contribution in [1.29, 1.82) is 5.26 Å². The number of anilines is 1. The van der Waals surface area contributed by atoms with E-state index >= 15 is 4.39 Å². The van der Waals surface area contributed by atoms with Crippen molar-refractivity contribution in [3.8, 4) is 6.07 Å². The second kappa shape index (κ2) is 7.87. The van der Waals surface area contributed by atoms with Gasteiger partial charge in [-0.3, -0.25) is 14.3 Å². The Bertz CT molecular complexity index is 1270. The summed E-state index contributed by atoms with van der Waals surface area (Å²) in [5.74, 6) is 5.69. The van der Waals surface area contributed by atoms with Gasteiger partial charge in [0, 0.05) is 43.2 Å². The van der Waals surface area contributed by atoms with Crippen molar-refractivity contribution >= 4 is 16.6 Å². The zero-order chi connectivity index (χ0) is 23.5. The van der Waals surface area contributed by atoms with Gasteiger partial charge in [-0.05, 0) is 57.6 Å². The summed E-state index contributed by atoms with van der Waals surface area (Å²) in [7, 11) is 0. The minimum absolute atomic E-state index is 0.00622. The Morgan fingerprint density at radius 1 is 1.30 bits per heavy atom. The van der Waals surface area contributed by atoms with Gasteiger partial charge in [-0.2, -0.15) is 9.94 Å². The molecule has 8 nitrogen and oxygen atoms in total. The molecule has 2 N–H and O–H groups in total. The molecule has 2 aliphatic carbocycles. The summed E-state index contributed by atoms with van der Waals surface area (Å²) in [6.45, 7) is 7.08. The van der Waals surface area contributed by atoms with Gasteiger partial charge in [-0.1, -0.05) is 6.92 Å². The van der Waals surface area contributed by atoms with E-state index in [-0.39, 0.29) is 17.0 Å². The molecule has 5 rings (SSSR count). The molecule has 0 bridgehead atoms. The monoisotopic (exact) mass is 454 g/mol. The Morgan fingerprint density at radius 3 is 2.64 bits per heavy atom. The van der Waals surface area contributed by atoms with E-state index in [1.165, 1.54) is 6.07 Å². The number of hydrogen-bond acceptors (Lipinski definition) is 6. The Labute approximate surface area is 192 Å². The Balaban J connectivity index is 1.53. The number of fused-ring (bicyclic) bond motifs is 1. The second-order valence-corrected chi connectivity index (χ2v) is 9.81. The predicted molar refractivity (Wildman–Crippen MR) is 125 cm³/mol. The number of aryl methyl sites for hydroxylation is 1. The fourth-order valence-electron chi connectivity index (χ4n) is 6.11. The lowest BCUT2D eigenvalue weighted by Crippen LogP contribution is -2.45. The molecule has 9 heteroatoms. The molecule has 1 atom stereocenters. The van der Waals surface area contributed by atoms with E-state index in [1.807, 2.05) is 6.92 Å². The van der Waals surface area contributed by atoms with Gasteiger partial charge in [0.15, 0.2) is 0 Å². The molecular formula is C24H31FN6O2. The van der Waals surface area contributed by atoms with Crippen molar-refractivity contribution in [2.75, 3.05) is 36.9 Å². The van der Waals surface area contributed by atoms with E-state index in [0.717, 1.165) is 58.3 Å². The number of nitrogen functional groups attached to an aromatic ring is 1. The van der Waals surface area contributed by atoms with Crippen LogP contribution in [0.2, 0.25) is 0 Å². The molecule has 33 heavy (non-hydrogen) atoms. The first kappa shape index (κ1) is 22.0. The zero-order valence-electron chi connectivity index (χ0n) is 19.3. The van der Waals surface area contributed by atoms with Crippen LogP contribution in [0, 0.1) is 30.0 Å². The normalized spacial score (nSPS) is 21.7. The van der Waals surface area contributed by atoms with Crippen molar-refractivity contribution in [3.05, 3.63) is 38.3 Å². The quantitative estimate of drug-likeness (QED) is 0.644. The highest BCUT2D eigenvalue weighted by Crippen LogP contribution is 2.52. The van der Waals surface area contributed by atoms with E-state index in [4.69, 9.17) is 11.1 Å². The highest BCUT2D eigenvalue weighted by molar-refractivity contribution is 5.87. The van der Waals surface area contributed by atoms with Crippen LogP contribution in [0.3, 0.4) is 0 Å². The smallest absolute Gasteiger partial charge is 0.350 e. The van der Waals surface area contributed by atoms with Gasteiger partial charge in [-0.25, -0.2) is 9.18 Å². The minimum Gasteiger partial charge on any atom is -0.369 e. The lowest BCUT2D eigenvalue weighted by molar-refractivity contribution is 0.137. The second-order valence-electron chi connectivity index (χ2n) is 9.81. The Hall–Kier alpha value is -2.86. The number of rotatable bonds is 7. The first-order valence-corrected chi connectivity index (χ1v) is 12.0. The van der Waals surface area contributed by atoms with Crippen LogP contribution in [0.15, 0.2) is 15.7 Å². The number of nitriles is 1. The number of nitrogens with two attached hydrogens (primary N) is 1. The average molecular weight is 455 g/mol. The summed E-state index contributed by atoms with van der Waals surface area (Å²) in [4.78, 5) is 30.0. The first-order valence-electron chi connectivity index (χ1n) is 12.0. The van der Waals surface area contributed by atoms with Crippen LogP contribution in [-0.2, 0) is 0 Å². The number of hydrogen-bond donors (Lipinski definition) is 1. The van der Waals surface area contributed by atoms with Crippen LogP contribution in [0.1, 0.15) is 57.1 Å². The maximum atomic E-state index is 15.5. The molecular weight excluding hydrogens is 423 g/mol. The SMILES string of the molecule is CCN(CCC#N)C1(C2CCN(c3c(F)cc4c(=O)n(N)c(=O)n(C5CC5)c4c3C)C2)CC1. The van der Waals surface area contributed by atoms with Gasteiger partial charge < -0.3 is 10.7 Å². The molecule has 2 heterocycles. The molecule has 176 valence electrons. The van der Waals surface area contributed by atoms with E-state index in [9.17, 15) is 9.59 Å². The molecule has 1 unspecified atom stereocenters. The molecule has 1 saturated heterocycles. The molecule has 3 fully saturated rings. The van der Waals surface area contributed by atoms with E-state index < -0.39 is 17.1 Å². The third-order valence-corrected chi connectivity index (χ3v) is 8.01. The van der Waals surface area contributed by atoms with Gasteiger partial charge in [0.1, 0.15) is 5.82 Å². The third-order valence-electron chi connectivity index (χ3n) is 8.01. The topological polar surface area (TPSA) is 100 Å². The van der Waals surface area contributed by atoms with Gasteiger partial charge >= 0.3 is 5.69 Å². The summed E-state index contributed by atoms with van der Waals surface area (Å²) < 4.78 is 17.6. The highest BCUT2D eigenvalue weighted by Gasteiger charge is 2.54. The van der Waals surface area contributed by atoms with Gasteiger partial charge in [0.05, 0.1) is 22.7 Å². The van der Waals surface area contributed by atoms with Crippen molar-refractivity contribution in [1.82, 2.24) is 14.1 Å². The Kier molecular flexibility index (Phi) is 5.24. The molecule has 1 aromatic carbocycles. The fourth-order valence-corrected chi connectivity index (χ4v) is 6.11. The maximum absolute atomic E-state index is 15.5. The fraction of sp³-hybridized carbons (Fsp3) is 0.625. The molecule has 3 aliphatic rings. The summed E-state index contributed by atoms with van der Waals surface area (Å²) >= 11 is 0. The number of halogens is 1. The first-order chi connectivity index (χ1) is 15.8. The maximum Gasteiger partial charge on any atom is 0.350 e. The molecule has 0 radical (unpaired) electrons. The van der Waals surface area contributed by atoms with Crippen molar-refractivity contribution in [3.63, 3.8) is 0 Å². The largest absolute Gasteiger partial charge is 0.369 e. The van der Waals surface area contributed by atoms with E-state index in [1.54, 1.807) is 4.57 Å². The van der Waals surface area contributed by atoms with E-state index in [2.05, 4.69) is 22.8 Å². The minimum atomic E-state index is -0.659. The van der Waals surface area contributed by atoms with Gasteiger partial charge in [-0.15, -0.1) is 0 Å². The van der Waals surface area contributed by atoms with Crippen LogP contribution in [0.5, 0.6) is 0 Å². The summed E-state index contributed by atoms with van der Waals surface area (Å²) in [5, 5.41) is 9.20. The third kappa shape index (κ3) is 3.34. The summed E-state index contributed by atoms with van der Waals surface area (Å²) in [6, 6.07) is 3.52. The van der Waals surface area contributed by atoms with E-state index in [0.29, 0.717) is 33.8 Å². The molecule has 0 amide bonds. The molecule has 2 aromatic rings. The molecule has 2 saturated carbocycles. The molecule has 1 aliphatic heterocycles. The predicted octanol–water partition coefficient (Wildman–Crippen LogP) is 2.25. The van der Waals surface area contributed by atoms with Crippen molar-refractivity contribution < 1.29 is 4.39 Å². The lowest BCUT2D eigenvalue weighted by atomic mass is 9.94. The molecule has 1 aromatic heterocycles. The lowest BCUT2D eigenvalue weighted by Gasteiger charge is -2.35. The number of benzene rings is 1. The molecule has 0 spiro atoms. The van der Waals surface area contributed by atoms with Crippen LogP contribution in [-0.4, -0.2) is 45.9 Å². The number of aromatic nitrogens is 2. The zero-order valence-corrected chi connectivity index (χ0v) is 19.3. The summed E-state index contributed by atoms with van der Waals surface area (Å²) in [6.07, 6.45) is 5.40.